The van der Waals surface area contributed by atoms with Crippen LogP contribution < -0.4 is 16.2 Å². The van der Waals surface area contributed by atoms with Crippen LogP contribution in [0.4, 0.5) is 11.4 Å². The van der Waals surface area contributed by atoms with Crippen LogP contribution in [0.5, 0.6) is 0 Å². The van der Waals surface area contributed by atoms with Crippen molar-refractivity contribution in [1.29, 1.82) is 0 Å². The second kappa shape index (κ2) is 13.2. The van der Waals surface area contributed by atoms with E-state index in [4.69, 9.17) is 8.83 Å². The van der Waals surface area contributed by atoms with E-state index in [1.165, 1.54) is 77.1 Å². The summed E-state index contributed by atoms with van der Waals surface area (Å²) < 4.78 is 16.2. The van der Waals surface area contributed by atoms with Gasteiger partial charge in [-0.05, 0) is 134 Å². The Labute approximate surface area is 398 Å². The Morgan fingerprint density at radius 3 is 1.99 bits per heavy atom. The Bertz CT molecular complexity index is 4030. The van der Waals surface area contributed by atoms with E-state index in [2.05, 4.69) is 213 Å². The summed E-state index contributed by atoms with van der Waals surface area (Å²) >= 11 is 0. The highest BCUT2D eigenvalue weighted by Crippen LogP contribution is 2.53. The zero-order chi connectivity index (χ0) is 46.4. The Morgan fingerprint density at radius 1 is 0.515 bits per heavy atom. The van der Waals surface area contributed by atoms with Gasteiger partial charge in [-0.25, -0.2) is 0 Å². The summed E-state index contributed by atoms with van der Waals surface area (Å²) in [6.45, 7) is 21.2. The lowest BCUT2D eigenvalue weighted by molar-refractivity contribution is 0.332. The summed E-state index contributed by atoms with van der Waals surface area (Å²) in [4.78, 5) is 0. The van der Waals surface area contributed by atoms with E-state index in [0.29, 0.717) is 0 Å². The number of rotatable bonds is 3. The Balaban J connectivity index is 1.06. The molecule has 68 heavy (non-hydrogen) atoms. The number of furan rings is 2. The quantitative estimate of drug-likeness (QED) is 0.180. The van der Waals surface area contributed by atoms with Crippen molar-refractivity contribution in [3.8, 4) is 27.9 Å². The fourth-order valence-electron chi connectivity index (χ4n) is 12.6. The first-order valence-corrected chi connectivity index (χ1v) is 24.5. The molecule has 1 aliphatic heterocycles. The van der Waals surface area contributed by atoms with Crippen molar-refractivity contribution in [1.82, 2.24) is 4.57 Å². The summed E-state index contributed by atoms with van der Waals surface area (Å²) in [6.07, 6.45) is 2.32. The fraction of sp³-hybridized carbons (Fsp3) is 0.238. The molecule has 5 heteroatoms. The number of benzene rings is 8. The predicted molar refractivity (Wildman–Crippen MR) is 287 cm³/mol. The molecule has 11 aromatic rings. The summed E-state index contributed by atoms with van der Waals surface area (Å²) in [5.41, 5.74) is 23.5. The van der Waals surface area contributed by atoms with Gasteiger partial charge in [-0.2, -0.15) is 0 Å². The topological polar surface area (TPSA) is 43.2 Å². The summed E-state index contributed by atoms with van der Waals surface area (Å²) in [5, 5.41) is 11.0. The van der Waals surface area contributed by atoms with Crippen LogP contribution in [0.2, 0.25) is 0 Å². The molecule has 0 saturated carbocycles. The first kappa shape index (κ1) is 40.1. The number of anilines is 2. The highest BCUT2D eigenvalue weighted by atomic mass is 16.3. The third kappa shape index (κ3) is 5.45. The minimum atomic E-state index is -0.143. The molecule has 0 fully saturated rings. The van der Waals surface area contributed by atoms with Crippen molar-refractivity contribution in [2.24, 2.45) is 0 Å². The molecule has 14 rings (SSSR count). The van der Waals surface area contributed by atoms with Gasteiger partial charge in [-0.3, -0.25) is 0 Å². The summed E-state index contributed by atoms with van der Waals surface area (Å²) in [7, 11) is 2.43. The first-order valence-electron chi connectivity index (χ1n) is 24.5. The van der Waals surface area contributed by atoms with Crippen LogP contribution in [0.15, 0.2) is 142 Å². The number of aromatic nitrogens is 1. The molecule has 0 amide bonds. The SMILES string of the molecule is CC(C)(C)c1ccc(Nc2cc3c(cc2-c2ccc4c5cc6c(cc5n5c4c2[B]c2cc4c(cc2-5)oc2ccccc24)C(C)(C)c2ccccc2-6)oc2cc4c(cc23)C(C)(C)CCC4(C)C)cc1. The van der Waals surface area contributed by atoms with Gasteiger partial charge < -0.3 is 18.7 Å². The lowest BCUT2D eigenvalue weighted by atomic mass is 9.59. The van der Waals surface area contributed by atoms with Crippen molar-refractivity contribution in [2.75, 3.05) is 5.32 Å². The van der Waals surface area contributed by atoms with Gasteiger partial charge in [-0.15, -0.1) is 0 Å². The van der Waals surface area contributed by atoms with Gasteiger partial charge in [0.2, 0.25) is 0 Å². The van der Waals surface area contributed by atoms with Gasteiger partial charge in [0.1, 0.15) is 22.3 Å². The van der Waals surface area contributed by atoms with E-state index in [1.807, 2.05) is 0 Å². The van der Waals surface area contributed by atoms with Gasteiger partial charge in [-0.1, -0.05) is 141 Å². The van der Waals surface area contributed by atoms with Crippen molar-refractivity contribution < 1.29 is 8.83 Å². The molecule has 1 N–H and O–H groups in total. The average Bonchev–Trinajstić information content (AvgIpc) is 4.03. The zero-order valence-electron chi connectivity index (χ0n) is 40.5. The van der Waals surface area contributed by atoms with E-state index < -0.39 is 0 Å². The van der Waals surface area contributed by atoms with Crippen molar-refractivity contribution in [3.63, 3.8) is 0 Å². The predicted octanol–water partition coefficient (Wildman–Crippen LogP) is 15.9. The minimum absolute atomic E-state index is 0.0516. The monoisotopic (exact) mass is 881 g/mol. The van der Waals surface area contributed by atoms with E-state index in [0.717, 1.165) is 79.5 Å². The number of fused-ring (bicyclic) bond motifs is 15. The molecular weight excluding hydrogens is 828 g/mol. The number of hydrogen-bond donors (Lipinski definition) is 1. The standard InChI is InChI=1S/C63H54BN2O2/c1-60(2,3)34-18-20-35(21-19-34)65-51-29-45-43-27-48-49(62(6,7)25-24-61(48,4)5)32-56(43)68-55(45)30-41(51)38-22-23-39-42-26-40-36-14-10-12-16-46(36)63(8,9)47(40)31-52(42)66-53-33-57-44(28-50(53)64-58(38)59(39)66)37-15-11-13-17-54(37)67-57/h10-23,26-33,65H,24-25H2,1-9H3. The number of hydrogen-bond acceptors (Lipinski definition) is 3. The zero-order valence-corrected chi connectivity index (χ0v) is 40.5. The maximum atomic E-state index is 7.02. The molecule has 1 radical (unpaired) electrons. The molecule has 0 spiro atoms. The van der Waals surface area contributed by atoms with Crippen LogP contribution in [0.1, 0.15) is 103 Å². The molecule has 0 saturated heterocycles. The van der Waals surface area contributed by atoms with Gasteiger partial charge in [0, 0.05) is 71.9 Å². The normalized spacial score (nSPS) is 16.4. The number of nitrogens with zero attached hydrogens (tertiary/aromatic N) is 1. The van der Waals surface area contributed by atoms with Crippen LogP contribution in [0.3, 0.4) is 0 Å². The molecule has 0 bridgehead atoms. The fourth-order valence-corrected chi connectivity index (χ4v) is 12.6. The first-order chi connectivity index (χ1) is 32.5. The molecule has 3 aromatic heterocycles. The molecule has 0 atom stereocenters. The van der Waals surface area contributed by atoms with Crippen molar-refractivity contribution in [3.05, 3.63) is 161 Å². The van der Waals surface area contributed by atoms with E-state index in [1.54, 1.807) is 0 Å². The van der Waals surface area contributed by atoms with Crippen molar-refractivity contribution in [2.45, 2.75) is 96.8 Å². The minimum Gasteiger partial charge on any atom is -0.456 e. The van der Waals surface area contributed by atoms with Crippen LogP contribution >= 0.6 is 0 Å². The van der Waals surface area contributed by atoms with E-state index in [9.17, 15) is 0 Å². The molecule has 4 nitrogen and oxygen atoms in total. The largest absolute Gasteiger partial charge is 0.456 e. The molecule has 331 valence electrons. The lowest BCUT2D eigenvalue weighted by Gasteiger charge is -2.41. The van der Waals surface area contributed by atoms with Crippen molar-refractivity contribution >= 4 is 95.3 Å². The van der Waals surface area contributed by atoms with Crippen LogP contribution in [-0.4, -0.2) is 11.8 Å². The maximum absolute atomic E-state index is 7.02. The van der Waals surface area contributed by atoms with Gasteiger partial charge in [0.05, 0.1) is 5.52 Å². The summed E-state index contributed by atoms with van der Waals surface area (Å²) in [5.74, 6) is 0. The van der Waals surface area contributed by atoms with E-state index >= 15 is 0 Å². The Kier molecular flexibility index (Phi) is 7.77. The van der Waals surface area contributed by atoms with Gasteiger partial charge in [0.25, 0.3) is 0 Å². The molecule has 8 aromatic carbocycles. The number of nitrogens with one attached hydrogen (secondary N) is 1. The smallest absolute Gasteiger partial charge is 0.197 e. The molecular formula is C63H54BN2O2. The Morgan fingerprint density at radius 2 is 1.19 bits per heavy atom. The van der Waals surface area contributed by atoms with E-state index in [-0.39, 0.29) is 21.7 Å². The molecule has 3 aliphatic rings. The second-order valence-electron chi connectivity index (χ2n) is 23.1. The van der Waals surface area contributed by atoms with Crippen LogP contribution in [-0.2, 0) is 21.7 Å². The summed E-state index contributed by atoms with van der Waals surface area (Å²) in [6, 6.07) is 50.2. The Hall–Kier alpha value is -6.98. The molecule has 4 heterocycles. The molecule has 2 aliphatic carbocycles. The van der Waals surface area contributed by atoms with Gasteiger partial charge in [0.15, 0.2) is 7.28 Å². The second-order valence-corrected chi connectivity index (χ2v) is 23.1. The maximum Gasteiger partial charge on any atom is 0.197 e. The molecule has 0 unspecified atom stereocenters. The third-order valence-corrected chi connectivity index (χ3v) is 16.6. The number of para-hydroxylation sites is 1. The van der Waals surface area contributed by atoms with Crippen LogP contribution in [0, 0.1) is 0 Å². The van der Waals surface area contributed by atoms with Gasteiger partial charge >= 0.3 is 0 Å². The average molecular weight is 882 g/mol. The van der Waals surface area contributed by atoms with Crippen LogP contribution in [0.25, 0.3) is 93.6 Å². The lowest BCUT2D eigenvalue weighted by Crippen LogP contribution is -2.37. The highest BCUT2D eigenvalue weighted by Gasteiger charge is 2.39. The third-order valence-electron chi connectivity index (χ3n) is 16.6. The highest BCUT2D eigenvalue weighted by molar-refractivity contribution is 6.73.